The molecule has 0 unspecified atom stereocenters. The molecule has 5 nitrogen and oxygen atoms in total. The molecule has 1 saturated heterocycles. The van der Waals surface area contributed by atoms with Crippen LogP contribution in [0.1, 0.15) is 44.9 Å². The number of nitrogens with zero attached hydrogens (tertiary/aromatic N) is 1. The first kappa shape index (κ1) is 21.7. The van der Waals surface area contributed by atoms with E-state index in [0.717, 1.165) is 19.3 Å². The number of amides is 2. The number of rotatable bonds is 5. The Morgan fingerprint density at radius 2 is 1.97 bits per heavy atom. The van der Waals surface area contributed by atoms with E-state index in [4.69, 9.17) is 16.3 Å². The molecule has 2 heterocycles. The third kappa shape index (κ3) is 4.44. The van der Waals surface area contributed by atoms with Crippen molar-refractivity contribution in [3.05, 3.63) is 63.2 Å². The number of hydrogen-bond donors (Lipinski definition) is 1. The lowest BCUT2D eigenvalue weighted by atomic mass is 10.1. The Bertz CT molecular complexity index is 1140. The molecule has 0 aliphatic carbocycles. The molecule has 4 rings (SSSR count). The third-order valence-electron chi connectivity index (χ3n) is 5.36. The molecule has 1 N–H and O–H groups in total. The number of ether oxygens (including phenoxy) is 1. The van der Waals surface area contributed by atoms with Crippen molar-refractivity contribution in [3.63, 3.8) is 0 Å². The summed E-state index contributed by atoms with van der Waals surface area (Å²) in [6.45, 7) is 1.49. The fraction of sp³-hybridized carbons (Fsp3) is 0.304. The molecule has 31 heavy (non-hydrogen) atoms. The number of carbonyl (C=O) groups excluding carboxylic acids is 2. The zero-order chi connectivity index (χ0) is 22.0. The van der Waals surface area contributed by atoms with Gasteiger partial charge in [-0.05, 0) is 49.6 Å². The number of piperidine rings is 1. The summed E-state index contributed by atoms with van der Waals surface area (Å²) in [6.07, 6.45) is 3.04. The maximum absolute atomic E-state index is 14.5. The molecule has 0 saturated carbocycles. The normalized spacial score (nSPS) is 14.1. The van der Waals surface area contributed by atoms with Crippen molar-refractivity contribution in [2.24, 2.45) is 0 Å². The SMILES string of the molecule is COCc1c(C(=O)Nc2cc(Cl)ccc2C(=O)N2CCCCC2)sc2cccc(F)c12. The highest BCUT2D eigenvalue weighted by Crippen LogP contribution is 2.35. The monoisotopic (exact) mass is 460 g/mol. The summed E-state index contributed by atoms with van der Waals surface area (Å²) in [7, 11) is 1.50. The molecule has 1 aromatic heterocycles. The minimum atomic E-state index is -0.428. The van der Waals surface area contributed by atoms with Crippen molar-refractivity contribution >= 4 is 50.5 Å². The van der Waals surface area contributed by atoms with E-state index in [9.17, 15) is 14.0 Å². The second-order valence-corrected chi connectivity index (χ2v) is 8.94. The van der Waals surface area contributed by atoms with Crippen LogP contribution in [0.3, 0.4) is 0 Å². The first-order valence-electron chi connectivity index (χ1n) is 10.1. The number of anilines is 1. The molecular weight excluding hydrogens is 439 g/mol. The van der Waals surface area contributed by atoms with Gasteiger partial charge in [0.05, 0.1) is 22.7 Å². The molecule has 1 aliphatic rings. The fourth-order valence-electron chi connectivity index (χ4n) is 3.89. The summed E-state index contributed by atoms with van der Waals surface area (Å²) in [5.41, 5.74) is 1.22. The van der Waals surface area contributed by atoms with E-state index in [1.54, 1.807) is 35.2 Å². The summed E-state index contributed by atoms with van der Waals surface area (Å²) in [4.78, 5) is 28.4. The van der Waals surface area contributed by atoms with Gasteiger partial charge < -0.3 is 15.0 Å². The van der Waals surface area contributed by atoms with E-state index in [2.05, 4.69) is 5.32 Å². The maximum atomic E-state index is 14.5. The molecule has 1 aliphatic heterocycles. The first-order chi connectivity index (χ1) is 15.0. The molecule has 0 atom stereocenters. The van der Waals surface area contributed by atoms with Crippen molar-refractivity contribution < 1.29 is 18.7 Å². The van der Waals surface area contributed by atoms with Crippen molar-refractivity contribution in [2.75, 3.05) is 25.5 Å². The second kappa shape index (κ2) is 9.34. The van der Waals surface area contributed by atoms with E-state index < -0.39 is 11.7 Å². The number of carbonyl (C=O) groups is 2. The van der Waals surface area contributed by atoms with Gasteiger partial charge in [-0.15, -0.1) is 11.3 Å². The predicted octanol–water partition coefficient (Wildman–Crippen LogP) is 5.72. The lowest BCUT2D eigenvalue weighted by Gasteiger charge is -2.27. The Hall–Kier alpha value is -2.48. The lowest BCUT2D eigenvalue weighted by Crippen LogP contribution is -2.36. The molecule has 2 aromatic carbocycles. The van der Waals surface area contributed by atoms with Crippen LogP contribution in [0.5, 0.6) is 0 Å². The number of nitrogens with one attached hydrogen (secondary N) is 1. The molecule has 1 fully saturated rings. The topological polar surface area (TPSA) is 58.6 Å². The van der Waals surface area contributed by atoms with Gasteiger partial charge in [0.2, 0.25) is 0 Å². The van der Waals surface area contributed by atoms with Crippen molar-refractivity contribution in [3.8, 4) is 0 Å². The van der Waals surface area contributed by atoms with Crippen LogP contribution in [0.4, 0.5) is 10.1 Å². The third-order valence-corrected chi connectivity index (χ3v) is 6.79. The minimum absolute atomic E-state index is 0.0960. The maximum Gasteiger partial charge on any atom is 0.266 e. The van der Waals surface area contributed by atoms with Crippen LogP contribution >= 0.6 is 22.9 Å². The Labute approximate surface area is 188 Å². The number of fused-ring (bicyclic) bond motifs is 1. The van der Waals surface area contributed by atoms with Crippen LogP contribution in [-0.4, -0.2) is 36.9 Å². The lowest BCUT2D eigenvalue weighted by molar-refractivity contribution is 0.0725. The fourth-order valence-corrected chi connectivity index (χ4v) is 5.17. The number of likely N-dealkylation sites (tertiary alicyclic amines) is 1. The summed E-state index contributed by atoms with van der Waals surface area (Å²) in [5, 5.41) is 3.62. The van der Waals surface area contributed by atoms with Gasteiger partial charge in [-0.2, -0.15) is 0 Å². The zero-order valence-corrected chi connectivity index (χ0v) is 18.6. The number of benzene rings is 2. The Morgan fingerprint density at radius 1 is 1.19 bits per heavy atom. The highest BCUT2D eigenvalue weighted by molar-refractivity contribution is 7.21. The molecule has 0 spiro atoms. The largest absolute Gasteiger partial charge is 0.380 e. The van der Waals surface area contributed by atoms with Gasteiger partial charge in [0.25, 0.3) is 11.8 Å². The van der Waals surface area contributed by atoms with Gasteiger partial charge in [0, 0.05) is 40.9 Å². The Kier molecular flexibility index (Phi) is 6.55. The number of thiophene rings is 1. The van der Waals surface area contributed by atoms with Gasteiger partial charge >= 0.3 is 0 Å². The van der Waals surface area contributed by atoms with Gasteiger partial charge in [0.15, 0.2) is 0 Å². The highest BCUT2D eigenvalue weighted by Gasteiger charge is 2.25. The summed E-state index contributed by atoms with van der Waals surface area (Å²) >= 11 is 7.35. The van der Waals surface area contributed by atoms with Crippen molar-refractivity contribution in [1.82, 2.24) is 4.90 Å². The van der Waals surface area contributed by atoms with E-state index >= 15 is 0 Å². The minimum Gasteiger partial charge on any atom is -0.380 e. The first-order valence-corrected chi connectivity index (χ1v) is 11.3. The van der Waals surface area contributed by atoms with Crippen LogP contribution < -0.4 is 5.32 Å². The summed E-state index contributed by atoms with van der Waals surface area (Å²) in [5.74, 6) is -0.961. The molecule has 3 aromatic rings. The molecule has 0 radical (unpaired) electrons. The smallest absolute Gasteiger partial charge is 0.266 e. The van der Waals surface area contributed by atoms with E-state index in [1.165, 1.54) is 24.5 Å². The van der Waals surface area contributed by atoms with Crippen molar-refractivity contribution in [1.29, 1.82) is 0 Å². The van der Waals surface area contributed by atoms with Gasteiger partial charge in [-0.25, -0.2) is 4.39 Å². The average molecular weight is 461 g/mol. The highest BCUT2D eigenvalue weighted by atomic mass is 35.5. The number of methoxy groups -OCH3 is 1. The van der Waals surface area contributed by atoms with Crippen LogP contribution in [0.2, 0.25) is 5.02 Å². The molecular formula is C23H22ClFN2O3S. The van der Waals surface area contributed by atoms with Crippen LogP contribution in [0.15, 0.2) is 36.4 Å². The number of halogens is 2. The van der Waals surface area contributed by atoms with Crippen LogP contribution in [-0.2, 0) is 11.3 Å². The van der Waals surface area contributed by atoms with Crippen LogP contribution in [0.25, 0.3) is 10.1 Å². The predicted molar refractivity (Wildman–Crippen MR) is 122 cm³/mol. The van der Waals surface area contributed by atoms with E-state index in [1.807, 2.05) is 0 Å². The molecule has 2 amide bonds. The van der Waals surface area contributed by atoms with Gasteiger partial charge in [0.1, 0.15) is 5.82 Å². The zero-order valence-electron chi connectivity index (χ0n) is 17.0. The quantitative estimate of drug-likeness (QED) is 0.529. The summed E-state index contributed by atoms with van der Waals surface area (Å²) < 4.78 is 20.3. The van der Waals surface area contributed by atoms with E-state index in [0.29, 0.717) is 49.9 Å². The second-order valence-electron chi connectivity index (χ2n) is 7.45. The van der Waals surface area contributed by atoms with Gasteiger partial charge in [-0.1, -0.05) is 17.7 Å². The van der Waals surface area contributed by atoms with E-state index in [-0.39, 0.29) is 12.5 Å². The standard InChI is InChI=1S/C23H22ClFN2O3S/c1-30-13-16-20-17(25)6-5-7-19(20)31-21(16)22(28)26-18-12-14(24)8-9-15(18)23(29)27-10-3-2-4-11-27/h5-9,12H,2-4,10-11,13H2,1H3,(H,26,28). The molecule has 8 heteroatoms. The van der Waals surface area contributed by atoms with Crippen LogP contribution in [0, 0.1) is 5.82 Å². The molecule has 162 valence electrons. The molecule has 0 bridgehead atoms. The Balaban J connectivity index is 1.69. The number of hydrogen-bond acceptors (Lipinski definition) is 4. The van der Waals surface area contributed by atoms with Crippen molar-refractivity contribution in [2.45, 2.75) is 25.9 Å². The summed E-state index contributed by atoms with van der Waals surface area (Å²) in [6, 6.07) is 9.58. The average Bonchev–Trinajstić information content (AvgIpc) is 3.14. The van der Waals surface area contributed by atoms with Gasteiger partial charge in [-0.3, -0.25) is 9.59 Å². The Morgan fingerprint density at radius 3 is 2.71 bits per heavy atom.